The van der Waals surface area contributed by atoms with Gasteiger partial charge in [-0.2, -0.15) is 13.2 Å². The maximum Gasteiger partial charge on any atom is 0.416 e. The van der Waals surface area contributed by atoms with Crippen LogP contribution < -0.4 is 5.73 Å². The minimum atomic E-state index is -4.80. The number of aromatic hydroxyl groups is 1. The Balaban J connectivity index is 3.09. The molecule has 0 amide bonds. The van der Waals surface area contributed by atoms with Crippen molar-refractivity contribution in [2.24, 2.45) is 5.73 Å². The van der Waals surface area contributed by atoms with Crippen LogP contribution in [0.25, 0.3) is 0 Å². The van der Waals surface area contributed by atoms with Gasteiger partial charge in [-0.05, 0) is 49.6 Å². The highest BCUT2D eigenvalue weighted by Gasteiger charge is 2.42. The van der Waals surface area contributed by atoms with Crippen LogP contribution in [0.5, 0.6) is 5.75 Å². The molecular formula is C9H8Br2F3NO2. The lowest BCUT2D eigenvalue weighted by molar-refractivity contribution is -0.210. The Kier molecular flexibility index (Phi) is 4.45. The molecular weight excluding hydrogens is 371 g/mol. The molecule has 0 aliphatic rings. The number of aliphatic hydroxyl groups excluding tert-OH is 1. The van der Waals surface area contributed by atoms with Crippen molar-refractivity contribution in [2.45, 2.75) is 18.3 Å². The Morgan fingerprint density at radius 2 is 1.59 bits per heavy atom. The molecule has 1 rings (SSSR count). The van der Waals surface area contributed by atoms with Gasteiger partial charge in [0.15, 0.2) is 6.10 Å². The molecule has 17 heavy (non-hydrogen) atoms. The van der Waals surface area contributed by atoms with E-state index < -0.39 is 18.3 Å². The van der Waals surface area contributed by atoms with E-state index in [1.807, 2.05) is 0 Å². The van der Waals surface area contributed by atoms with Crippen LogP contribution in [-0.2, 0) is 0 Å². The number of halogens is 5. The van der Waals surface area contributed by atoms with Crippen molar-refractivity contribution in [3.05, 3.63) is 26.6 Å². The Morgan fingerprint density at radius 1 is 1.18 bits per heavy atom. The second-order valence-electron chi connectivity index (χ2n) is 3.35. The van der Waals surface area contributed by atoms with Crippen LogP contribution in [0, 0.1) is 0 Å². The van der Waals surface area contributed by atoms with Crippen LogP contribution in [0.15, 0.2) is 21.1 Å². The summed E-state index contributed by atoms with van der Waals surface area (Å²) in [4.78, 5) is 0. The highest BCUT2D eigenvalue weighted by Crippen LogP contribution is 2.37. The first kappa shape index (κ1) is 14.7. The fraction of sp³-hybridized carbons (Fsp3) is 0.333. The molecule has 2 atom stereocenters. The van der Waals surface area contributed by atoms with Gasteiger partial charge in [0, 0.05) is 0 Å². The lowest BCUT2D eigenvalue weighted by Crippen LogP contribution is -2.38. The van der Waals surface area contributed by atoms with Gasteiger partial charge < -0.3 is 15.9 Å². The van der Waals surface area contributed by atoms with Crippen molar-refractivity contribution in [3.63, 3.8) is 0 Å². The molecule has 0 saturated carbocycles. The molecule has 0 heterocycles. The molecule has 4 N–H and O–H groups in total. The molecule has 0 aliphatic heterocycles. The maximum atomic E-state index is 12.3. The van der Waals surface area contributed by atoms with Crippen molar-refractivity contribution in [1.82, 2.24) is 0 Å². The quantitative estimate of drug-likeness (QED) is 0.741. The Labute approximate surface area is 112 Å². The van der Waals surface area contributed by atoms with Crippen molar-refractivity contribution >= 4 is 31.9 Å². The fourth-order valence-corrected chi connectivity index (χ4v) is 2.39. The summed E-state index contributed by atoms with van der Waals surface area (Å²) >= 11 is 5.93. The van der Waals surface area contributed by atoms with Crippen molar-refractivity contribution in [3.8, 4) is 5.75 Å². The minimum Gasteiger partial charge on any atom is -0.506 e. The summed E-state index contributed by atoms with van der Waals surface area (Å²) in [7, 11) is 0. The van der Waals surface area contributed by atoms with Crippen LogP contribution >= 0.6 is 31.9 Å². The molecule has 0 unspecified atom stereocenters. The Hall–Kier alpha value is -0.310. The molecule has 0 aliphatic carbocycles. The summed E-state index contributed by atoms with van der Waals surface area (Å²) in [6.07, 6.45) is -7.46. The van der Waals surface area contributed by atoms with E-state index in [9.17, 15) is 18.3 Å². The van der Waals surface area contributed by atoms with Crippen LogP contribution in [0.3, 0.4) is 0 Å². The van der Waals surface area contributed by atoms with Crippen LogP contribution in [0.1, 0.15) is 11.6 Å². The lowest BCUT2D eigenvalue weighted by Gasteiger charge is -2.22. The summed E-state index contributed by atoms with van der Waals surface area (Å²) in [6.45, 7) is 0. The van der Waals surface area contributed by atoms with Gasteiger partial charge in [-0.3, -0.25) is 0 Å². The van der Waals surface area contributed by atoms with E-state index in [1.54, 1.807) is 0 Å². The zero-order valence-corrected chi connectivity index (χ0v) is 11.3. The minimum absolute atomic E-state index is 0.0476. The number of phenols is 1. The molecule has 3 nitrogen and oxygen atoms in total. The first-order chi connectivity index (χ1) is 7.64. The molecule has 0 saturated heterocycles. The number of hydrogen-bond acceptors (Lipinski definition) is 3. The van der Waals surface area contributed by atoms with E-state index in [0.29, 0.717) is 0 Å². The van der Waals surface area contributed by atoms with Gasteiger partial charge in [0.05, 0.1) is 15.0 Å². The predicted molar refractivity (Wildman–Crippen MR) is 62.5 cm³/mol. The summed E-state index contributed by atoms with van der Waals surface area (Å²) in [6, 6.07) is 0.822. The average molecular weight is 379 g/mol. The standard InChI is InChI=1S/C9H8Br2F3NO2/c10-4-1-3(2-5(11)7(4)16)6(15)8(17)9(12,13)14/h1-2,6,8,16-17H,15H2/t6-,8-/m0/s1. The SMILES string of the molecule is N[C@@H](c1cc(Br)c(O)c(Br)c1)[C@H](O)C(F)(F)F. The highest BCUT2D eigenvalue weighted by atomic mass is 79.9. The predicted octanol–water partition coefficient (Wildman–Crippen LogP) is 2.84. The third kappa shape index (κ3) is 3.34. The van der Waals surface area contributed by atoms with Gasteiger partial charge in [0.25, 0.3) is 0 Å². The van der Waals surface area contributed by atoms with Gasteiger partial charge in [-0.25, -0.2) is 0 Å². The van der Waals surface area contributed by atoms with E-state index in [-0.39, 0.29) is 20.3 Å². The third-order valence-electron chi connectivity index (χ3n) is 2.10. The van der Waals surface area contributed by atoms with Gasteiger partial charge in [0.2, 0.25) is 0 Å². The topological polar surface area (TPSA) is 66.5 Å². The summed E-state index contributed by atoms with van der Waals surface area (Å²) < 4.78 is 37.2. The normalized spacial score (nSPS) is 15.7. The van der Waals surface area contributed by atoms with Gasteiger partial charge in [0.1, 0.15) is 5.75 Å². The number of aliphatic hydroxyl groups is 1. The van der Waals surface area contributed by atoms with Crippen molar-refractivity contribution in [2.75, 3.05) is 0 Å². The Bertz CT molecular complexity index is 402. The van der Waals surface area contributed by atoms with Crippen LogP contribution in [-0.4, -0.2) is 22.5 Å². The average Bonchev–Trinajstić information content (AvgIpc) is 2.21. The lowest BCUT2D eigenvalue weighted by atomic mass is 10.0. The monoisotopic (exact) mass is 377 g/mol. The fourth-order valence-electron chi connectivity index (χ4n) is 1.16. The van der Waals surface area contributed by atoms with E-state index in [4.69, 9.17) is 10.8 Å². The molecule has 0 aromatic heterocycles. The Morgan fingerprint density at radius 3 is 1.94 bits per heavy atom. The zero-order chi connectivity index (χ0) is 13.4. The van der Waals surface area contributed by atoms with E-state index in [1.165, 1.54) is 12.1 Å². The maximum absolute atomic E-state index is 12.3. The second kappa shape index (κ2) is 5.13. The van der Waals surface area contributed by atoms with Crippen LogP contribution in [0.4, 0.5) is 13.2 Å². The zero-order valence-electron chi connectivity index (χ0n) is 8.17. The number of hydrogen-bond donors (Lipinski definition) is 3. The summed E-state index contributed by atoms with van der Waals surface area (Å²) in [5, 5.41) is 18.4. The van der Waals surface area contributed by atoms with Gasteiger partial charge in [-0.15, -0.1) is 0 Å². The smallest absolute Gasteiger partial charge is 0.416 e. The number of rotatable bonds is 2. The first-order valence-corrected chi connectivity index (χ1v) is 5.91. The molecule has 0 fully saturated rings. The third-order valence-corrected chi connectivity index (χ3v) is 3.31. The van der Waals surface area contributed by atoms with E-state index in [2.05, 4.69) is 31.9 Å². The van der Waals surface area contributed by atoms with Crippen molar-refractivity contribution in [1.29, 1.82) is 0 Å². The largest absolute Gasteiger partial charge is 0.506 e. The first-order valence-electron chi connectivity index (χ1n) is 4.33. The van der Waals surface area contributed by atoms with Crippen molar-refractivity contribution < 1.29 is 23.4 Å². The summed E-state index contributed by atoms with van der Waals surface area (Å²) in [5.74, 6) is -0.151. The molecule has 0 bridgehead atoms. The van der Waals surface area contributed by atoms with Gasteiger partial charge >= 0.3 is 6.18 Å². The molecule has 8 heteroatoms. The highest BCUT2D eigenvalue weighted by molar-refractivity contribution is 9.11. The number of benzene rings is 1. The number of alkyl halides is 3. The van der Waals surface area contributed by atoms with E-state index >= 15 is 0 Å². The van der Waals surface area contributed by atoms with E-state index in [0.717, 1.165) is 0 Å². The summed E-state index contributed by atoms with van der Waals surface area (Å²) in [5.41, 5.74) is 5.37. The molecule has 0 spiro atoms. The van der Waals surface area contributed by atoms with Gasteiger partial charge in [-0.1, -0.05) is 0 Å². The molecule has 1 aromatic rings. The molecule has 0 radical (unpaired) electrons. The molecule has 96 valence electrons. The number of nitrogens with two attached hydrogens (primary N) is 1. The van der Waals surface area contributed by atoms with Crippen LogP contribution in [0.2, 0.25) is 0 Å². The second-order valence-corrected chi connectivity index (χ2v) is 5.05. The molecule has 1 aromatic carbocycles. The number of phenolic OH excluding ortho intramolecular Hbond substituents is 1.